The van der Waals surface area contributed by atoms with Crippen molar-refractivity contribution in [1.29, 1.82) is 0 Å². The van der Waals surface area contributed by atoms with Crippen LogP contribution in [0.1, 0.15) is 40.5 Å². The predicted molar refractivity (Wildman–Crippen MR) is 173 cm³/mol. The molecule has 0 spiro atoms. The van der Waals surface area contributed by atoms with Gasteiger partial charge in [-0.05, 0) is 40.5 Å². The molecule has 2 heterocycles. The lowest BCUT2D eigenvalue weighted by Gasteiger charge is -2.47. The molecule has 0 aromatic heterocycles. The highest BCUT2D eigenvalue weighted by Gasteiger charge is 2.62. The summed E-state index contributed by atoms with van der Waals surface area (Å²) in [7, 11) is 0. The number of esters is 6. The maximum absolute atomic E-state index is 13.6. The fraction of sp³-hybridized carbons (Fsp3) is 0.706. The monoisotopic (exact) mass is 1040 g/mol. The second-order valence-corrected chi connectivity index (χ2v) is 14.2. The molecular formula is C34H32F18O16. The van der Waals surface area contributed by atoms with Crippen LogP contribution in [0, 0.1) is 0 Å². The molecule has 0 aromatic rings. The summed E-state index contributed by atoms with van der Waals surface area (Å²) in [5.74, 6) is -21.0. The highest BCUT2D eigenvalue weighted by atomic mass is 19.4. The number of rotatable bonds is 15. The summed E-state index contributed by atoms with van der Waals surface area (Å²) in [6.07, 6.45) is -68.5. The molecule has 34 heteroatoms. The summed E-state index contributed by atoms with van der Waals surface area (Å²) in [6.45, 7) is 5.75. The third-order valence-corrected chi connectivity index (χ3v) is 8.60. The lowest BCUT2D eigenvalue weighted by atomic mass is 9.95. The molecule has 2 fully saturated rings. The van der Waals surface area contributed by atoms with Crippen molar-refractivity contribution in [3.05, 3.63) is 24.3 Å². The summed E-state index contributed by atoms with van der Waals surface area (Å²) in [5.41, 5.74) is -1.50. The molecule has 2 rings (SSSR count). The van der Waals surface area contributed by atoms with Gasteiger partial charge in [-0.2, -0.15) is 79.0 Å². The van der Waals surface area contributed by atoms with E-state index in [0.717, 1.165) is 13.0 Å². The molecule has 11 atom stereocenters. The Morgan fingerprint density at radius 1 is 0.500 bits per heavy atom. The van der Waals surface area contributed by atoms with E-state index < -0.39 is 146 Å². The quantitative estimate of drug-likeness (QED) is 0.0799. The smallest absolute Gasteiger partial charge is 0.449 e. The van der Waals surface area contributed by atoms with E-state index in [1.54, 1.807) is 13.8 Å². The summed E-state index contributed by atoms with van der Waals surface area (Å²) >= 11 is 0. The third-order valence-electron chi connectivity index (χ3n) is 8.60. The second-order valence-electron chi connectivity index (χ2n) is 14.2. The van der Waals surface area contributed by atoms with Gasteiger partial charge < -0.3 is 47.4 Å². The lowest BCUT2D eigenvalue weighted by molar-refractivity contribution is -0.349. The van der Waals surface area contributed by atoms with Crippen molar-refractivity contribution in [1.82, 2.24) is 0 Å². The summed E-state index contributed by atoms with van der Waals surface area (Å²) in [5, 5.41) is 0. The van der Waals surface area contributed by atoms with Crippen molar-refractivity contribution < 1.29 is 155 Å². The van der Waals surface area contributed by atoms with Crippen LogP contribution in [-0.2, 0) is 76.1 Å². The number of hydrogen-bond donors (Lipinski definition) is 0. The molecule has 68 heavy (non-hydrogen) atoms. The summed E-state index contributed by atoms with van der Waals surface area (Å²) < 4.78 is 287. The zero-order valence-electron chi connectivity index (χ0n) is 34.1. The molecule has 2 saturated heterocycles. The Balaban J connectivity index is 2.98. The van der Waals surface area contributed by atoms with E-state index in [0.29, 0.717) is 12.5 Å². The molecular weight excluding hydrogens is 1010 g/mol. The molecule has 0 amide bonds. The van der Waals surface area contributed by atoms with E-state index in [9.17, 15) is 108 Å². The fourth-order valence-corrected chi connectivity index (χ4v) is 5.49. The average Bonchev–Trinajstić information content (AvgIpc) is 3.15. The van der Waals surface area contributed by atoms with Crippen molar-refractivity contribution in [3.63, 3.8) is 0 Å². The van der Waals surface area contributed by atoms with Gasteiger partial charge >= 0.3 is 72.9 Å². The van der Waals surface area contributed by atoms with Gasteiger partial charge in [0, 0.05) is 0 Å². The van der Waals surface area contributed by atoms with Crippen LogP contribution in [0.2, 0.25) is 0 Å². The summed E-state index contributed by atoms with van der Waals surface area (Å²) in [6, 6.07) is 0. The predicted octanol–water partition coefficient (Wildman–Crippen LogP) is 6.03. The molecule has 0 aliphatic carbocycles. The molecule has 2 aliphatic heterocycles. The largest absolute Gasteiger partial charge is 0.490 e. The fourth-order valence-electron chi connectivity index (χ4n) is 5.49. The van der Waals surface area contributed by atoms with Crippen LogP contribution in [0.15, 0.2) is 24.3 Å². The number of carbonyl (C=O) groups is 6. The van der Waals surface area contributed by atoms with E-state index in [1.807, 2.05) is 0 Å². The van der Waals surface area contributed by atoms with Crippen LogP contribution < -0.4 is 0 Å². The van der Waals surface area contributed by atoms with E-state index in [1.165, 1.54) is 6.08 Å². The first-order valence-electron chi connectivity index (χ1n) is 18.1. The highest BCUT2D eigenvalue weighted by Crippen LogP contribution is 2.39. The van der Waals surface area contributed by atoms with Crippen LogP contribution in [0.3, 0.4) is 0 Å². The van der Waals surface area contributed by atoms with Crippen molar-refractivity contribution >= 4 is 35.8 Å². The normalized spacial score (nSPS) is 27.1. The van der Waals surface area contributed by atoms with Crippen LogP contribution in [0.25, 0.3) is 0 Å². The molecule has 2 aliphatic rings. The molecule has 16 nitrogen and oxygen atoms in total. The minimum Gasteiger partial charge on any atom is -0.449 e. The van der Waals surface area contributed by atoms with Gasteiger partial charge in [0.15, 0.2) is 49.2 Å². The number of halogens is 18. The minimum absolute atomic E-state index is 0.0932. The van der Waals surface area contributed by atoms with Gasteiger partial charge in [0.25, 0.3) is 0 Å². The molecule has 0 bridgehead atoms. The van der Waals surface area contributed by atoms with E-state index >= 15 is 0 Å². The summed E-state index contributed by atoms with van der Waals surface area (Å²) in [4.78, 5) is 72.1. The Bertz CT molecular complexity index is 1870. The maximum atomic E-state index is 13.6. The average molecular weight is 1040 g/mol. The van der Waals surface area contributed by atoms with Crippen molar-refractivity contribution in [2.75, 3.05) is 6.61 Å². The topological polar surface area (TPSA) is 195 Å². The van der Waals surface area contributed by atoms with Crippen LogP contribution in [0.5, 0.6) is 0 Å². The highest BCUT2D eigenvalue weighted by molar-refractivity contribution is 5.79. The van der Waals surface area contributed by atoms with Crippen molar-refractivity contribution in [3.8, 4) is 0 Å². The lowest BCUT2D eigenvalue weighted by Crippen LogP contribution is -2.66. The zero-order valence-corrected chi connectivity index (χ0v) is 34.1. The Labute approximate surface area is 366 Å². The Kier molecular flexibility index (Phi) is 18.8. The van der Waals surface area contributed by atoms with E-state index in [-0.39, 0.29) is 12.8 Å². The molecule has 0 radical (unpaired) electrons. The Morgan fingerprint density at radius 2 is 0.824 bits per heavy atom. The van der Waals surface area contributed by atoms with Gasteiger partial charge in [-0.1, -0.05) is 17.7 Å². The Morgan fingerprint density at radius 3 is 1.18 bits per heavy atom. The molecule has 0 aromatic carbocycles. The third kappa shape index (κ3) is 16.5. The molecule has 1 unspecified atom stereocenters. The first-order chi connectivity index (χ1) is 30.5. The number of hydrogen-bond acceptors (Lipinski definition) is 16. The molecule has 0 N–H and O–H groups in total. The molecule has 390 valence electrons. The number of ether oxygens (including phenoxy) is 10. The minimum atomic E-state index is -6.28. The SMILES string of the molecule is C=CC(C)(CCC=C(C)C)O[C@@H]1O[C@H](CO[C@@H]2O[C@@H](C)[C@H](OC(=O)C(F)(F)F)[C@@H](OC(=O)C(F)(F)F)[C@H]2OC(=O)C(F)(F)F)[C@@H](OC(=O)C(F)(F)F)[C@H](OC(=O)C(F)(F)F)[C@H]1OC(=O)C(F)(F)F. The van der Waals surface area contributed by atoms with E-state index in [2.05, 4.69) is 35.0 Å². The number of carbonyl (C=O) groups excluding carboxylic acids is 6. The van der Waals surface area contributed by atoms with Crippen LogP contribution >= 0.6 is 0 Å². The number of allylic oxidation sites excluding steroid dienone is 2. The standard InChI is InChI=1S/C34H32F18O16/c1-6-28(5,9-7-8-11(2)3)68-21-19(67-27(58)34(50,51)52)17(65-25(56)32(44,45)46)15(63-23(54)30(38,39)40)13(61-21)10-59-20-18(66-26(57)33(47,48)49)16(64-24(55)31(41,42)43)14(12(4)60-20)62-22(53)29(35,36)37/h6,8,12-21H,1,7,9-10H2,2-5H3/t12-,13+,14-,15+,16+,17-,18+,19+,20+,21-,28?/m0/s1. The van der Waals surface area contributed by atoms with Gasteiger partial charge in [0.2, 0.25) is 0 Å². The van der Waals surface area contributed by atoms with Crippen LogP contribution in [-0.4, -0.2) is 146 Å². The van der Waals surface area contributed by atoms with E-state index in [4.69, 9.17) is 18.9 Å². The second kappa shape index (κ2) is 21.7. The van der Waals surface area contributed by atoms with Crippen LogP contribution in [0.4, 0.5) is 79.0 Å². The maximum Gasteiger partial charge on any atom is 0.490 e. The van der Waals surface area contributed by atoms with Gasteiger partial charge in [-0.3, -0.25) is 0 Å². The van der Waals surface area contributed by atoms with Gasteiger partial charge in [0.05, 0.1) is 18.3 Å². The zero-order chi connectivity index (χ0) is 52.9. The van der Waals surface area contributed by atoms with Crippen molar-refractivity contribution in [2.24, 2.45) is 0 Å². The first kappa shape index (κ1) is 59.0. The first-order valence-corrected chi connectivity index (χ1v) is 18.1. The van der Waals surface area contributed by atoms with Gasteiger partial charge in [0.1, 0.15) is 6.10 Å². The van der Waals surface area contributed by atoms with Gasteiger partial charge in [-0.25, -0.2) is 28.8 Å². The number of alkyl halides is 18. The van der Waals surface area contributed by atoms with Crippen molar-refractivity contribution in [2.45, 2.75) is 145 Å². The Hall–Kier alpha value is -5.12. The molecule has 0 saturated carbocycles. The van der Waals surface area contributed by atoms with Gasteiger partial charge in [-0.15, -0.1) is 6.58 Å².